The first-order valence-corrected chi connectivity index (χ1v) is 10.4. The Bertz CT molecular complexity index is 1170. The second-order valence-electron chi connectivity index (χ2n) is 6.87. The molecule has 0 aromatic heterocycles. The van der Waals surface area contributed by atoms with Crippen LogP contribution in [0.3, 0.4) is 0 Å². The molecule has 2 N–H and O–H groups in total. The van der Waals surface area contributed by atoms with Gasteiger partial charge in [0.1, 0.15) is 5.82 Å². The van der Waals surface area contributed by atoms with Gasteiger partial charge in [-0.05, 0) is 86.0 Å². The SMILES string of the molecule is Cc1ccc(C)c(S(=O)(=O)Nc2ccc(C(=O)Nc3ccc(F)cc3C)cc2)c1. The number of sulfonamides is 1. The summed E-state index contributed by atoms with van der Waals surface area (Å²) in [6.45, 7) is 5.26. The molecule has 0 aliphatic carbocycles. The molecule has 0 aliphatic rings. The van der Waals surface area contributed by atoms with Crippen LogP contribution in [0.4, 0.5) is 15.8 Å². The lowest BCUT2D eigenvalue weighted by atomic mass is 10.1. The highest BCUT2D eigenvalue weighted by atomic mass is 32.2. The van der Waals surface area contributed by atoms with Gasteiger partial charge in [0.25, 0.3) is 15.9 Å². The van der Waals surface area contributed by atoms with E-state index < -0.39 is 10.0 Å². The topological polar surface area (TPSA) is 75.3 Å². The summed E-state index contributed by atoms with van der Waals surface area (Å²) in [6, 6.07) is 15.4. The van der Waals surface area contributed by atoms with Gasteiger partial charge in [0, 0.05) is 16.9 Å². The average Bonchev–Trinajstić information content (AvgIpc) is 2.66. The largest absolute Gasteiger partial charge is 0.322 e. The molecule has 3 aromatic rings. The van der Waals surface area contributed by atoms with Gasteiger partial charge in [-0.2, -0.15) is 0 Å². The van der Waals surface area contributed by atoms with Crippen LogP contribution in [-0.2, 0) is 10.0 Å². The first-order valence-electron chi connectivity index (χ1n) is 8.93. The highest BCUT2D eigenvalue weighted by Crippen LogP contribution is 2.22. The molecule has 5 nitrogen and oxygen atoms in total. The van der Waals surface area contributed by atoms with E-state index in [-0.39, 0.29) is 16.6 Å². The van der Waals surface area contributed by atoms with Gasteiger partial charge in [0.2, 0.25) is 0 Å². The Balaban J connectivity index is 1.76. The molecule has 0 spiro atoms. The first-order chi connectivity index (χ1) is 13.7. The predicted octanol–water partition coefficient (Wildman–Crippen LogP) is 4.80. The number of anilines is 2. The van der Waals surface area contributed by atoms with Crippen molar-refractivity contribution in [3.8, 4) is 0 Å². The Labute approximate surface area is 169 Å². The third-order valence-corrected chi connectivity index (χ3v) is 5.99. The lowest BCUT2D eigenvalue weighted by Gasteiger charge is -2.12. The number of nitrogens with one attached hydrogen (secondary N) is 2. The van der Waals surface area contributed by atoms with E-state index in [1.807, 2.05) is 13.0 Å². The van der Waals surface area contributed by atoms with Crippen LogP contribution < -0.4 is 10.0 Å². The molecule has 0 bridgehead atoms. The lowest BCUT2D eigenvalue weighted by Crippen LogP contribution is -2.15. The van der Waals surface area contributed by atoms with E-state index in [4.69, 9.17) is 0 Å². The van der Waals surface area contributed by atoms with Gasteiger partial charge in [0.15, 0.2) is 0 Å². The van der Waals surface area contributed by atoms with Crippen molar-refractivity contribution >= 4 is 27.3 Å². The molecule has 0 aliphatic heterocycles. The van der Waals surface area contributed by atoms with Gasteiger partial charge < -0.3 is 5.32 Å². The summed E-state index contributed by atoms with van der Waals surface area (Å²) in [4.78, 5) is 12.6. The van der Waals surface area contributed by atoms with E-state index >= 15 is 0 Å². The van der Waals surface area contributed by atoms with Gasteiger partial charge in [-0.15, -0.1) is 0 Å². The molecule has 29 heavy (non-hydrogen) atoms. The summed E-state index contributed by atoms with van der Waals surface area (Å²) in [6.07, 6.45) is 0. The van der Waals surface area contributed by atoms with Crippen molar-refractivity contribution in [3.05, 3.63) is 88.7 Å². The molecule has 7 heteroatoms. The van der Waals surface area contributed by atoms with Crippen molar-refractivity contribution in [3.63, 3.8) is 0 Å². The van der Waals surface area contributed by atoms with Crippen LogP contribution in [-0.4, -0.2) is 14.3 Å². The molecule has 1 amide bonds. The smallest absolute Gasteiger partial charge is 0.262 e. The second-order valence-corrected chi connectivity index (χ2v) is 8.52. The van der Waals surface area contributed by atoms with Crippen molar-refractivity contribution in [1.82, 2.24) is 0 Å². The van der Waals surface area contributed by atoms with Gasteiger partial charge in [-0.25, -0.2) is 12.8 Å². The quantitative estimate of drug-likeness (QED) is 0.632. The Morgan fingerprint density at radius 3 is 2.21 bits per heavy atom. The summed E-state index contributed by atoms with van der Waals surface area (Å²) in [5.41, 5.74) is 3.31. The van der Waals surface area contributed by atoms with Crippen molar-refractivity contribution < 1.29 is 17.6 Å². The molecule has 0 unspecified atom stereocenters. The first kappa shape index (κ1) is 20.5. The van der Waals surface area contributed by atoms with Crippen molar-refractivity contribution in [2.75, 3.05) is 10.0 Å². The monoisotopic (exact) mass is 412 g/mol. The number of hydrogen-bond acceptors (Lipinski definition) is 3. The maximum atomic E-state index is 13.2. The number of benzene rings is 3. The third-order valence-electron chi connectivity index (χ3n) is 4.47. The van der Waals surface area contributed by atoms with E-state index in [0.717, 1.165) is 5.56 Å². The minimum absolute atomic E-state index is 0.214. The van der Waals surface area contributed by atoms with Gasteiger partial charge in [-0.3, -0.25) is 9.52 Å². The number of halogens is 1. The van der Waals surface area contributed by atoms with Crippen molar-refractivity contribution in [2.45, 2.75) is 25.7 Å². The van der Waals surface area contributed by atoms with Crippen LogP contribution >= 0.6 is 0 Å². The fourth-order valence-electron chi connectivity index (χ4n) is 2.86. The van der Waals surface area contributed by atoms with Gasteiger partial charge >= 0.3 is 0 Å². The Morgan fingerprint density at radius 2 is 1.55 bits per heavy atom. The highest BCUT2D eigenvalue weighted by molar-refractivity contribution is 7.92. The number of rotatable bonds is 5. The van der Waals surface area contributed by atoms with E-state index in [1.165, 1.54) is 42.5 Å². The molecule has 0 fully saturated rings. The van der Waals surface area contributed by atoms with E-state index in [9.17, 15) is 17.6 Å². The number of carbonyl (C=O) groups excluding carboxylic acids is 1. The zero-order valence-corrected chi connectivity index (χ0v) is 17.1. The fourth-order valence-corrected chi connectivity index (χ4v) is 4.25. The molecular weight excluding hydrogens is 391 g/mol. The number of carbonyl (C=O) groups is 1. The summed E-state index contributed by atoms with van der Waals surface area (Å²) in [5, 5.41) is 2.72. The zero-order chi connectivity index (χ0) is 21.2. The molecule has 3 aromatic carbocycles. The lowest BCUT2D eigenvalue weighted by molar-refractivity contribution is 0.102. The number of aryl methyl sites for hydroxylation is 3. The summed E-state index contributed by atoms with van der Waals surface area (Å²) in [7, 11) is -3.74. The van der Waals surface area contributed by atoms with Crippen LogP contribution in [0.5, 0.6) is 0 Å². The Morgan fingerprint density at radius 1 is 0.862 bits per heavy atom. The third kappa shape index (κ3) is 4.81. The van der Waals surface area contributed by atoms with E-state index in [0.29, 0.717) is 28.1 Å². The van der Waals surface area contributed by atoms with Crippen molar-refractivity contribution in [1.29, 1.82) is 0 Å². The standard InChI is InChI=1S/C22H21FN2O3S/c1-14-4-5-15(2)21(12-14)29(27,28)25-19-9-6-17(7-10-19)22(26)24-20-11-8-18(23)13-16(20)3/h4-13,25H,1-3H3,(H,24,26). The van der Waals surface area contributed by atoms with E-state index in [2.05, 4.69) is 10.0 Å². The molecule has 0 radical (unpaired) electrons. The normalized spacial score (nSPS) is 11.2. The summed E-state index contributed by atoms with van der Waals surface area (Å²) < 4.78 is 41.1. The fraction of sp³-hybridized carbons (Fsp3) is 0.136. The number of hydrogen-bond donors (Lipinski definition) is 2. The number of amides is 1. The Hall–Kier alpha value is -3.19. The van der Waals surface area contributed by atoms with Crippen LogP contribution in [0.2, 0.25) is 0 Å². The minimum Gasteiger partial charge on any atom is -0.322 e. The summed E-state index contributed by atoms with van der Waals surface area (Å²) in [5.74, 6) is -0.746. The van der Waals surface area contributed by atoms with Gasteiger partial charge in [-0.1, -0.05) is 12.1 Å². The molecule has 0 saturated carbocycles. The molecule has 150 valence electrons. The average molecular weight is 412 g/mol. The molecular formula is C22H21FN2O3S. The molecule has 0 heterocycles. The van der Waals surface area contributed by atoms with Crippen LogP contribution in [0.25, 0.3) is 0 Å². The van der Waals surface area contributed by atoms with Gasteiger partial charge in [0.05, 0.1) is 4.90 Å². The van der Waals surface area contributed by atoms with Crippen molar-refractivity contribution in [2.24, 2.45) is 0 Å². The predicted molar refractivity (Wildman–Crippen MR) is 112 cm³/mol. The molecule has 0 atom stereocenters. The van der Waals surface area contributed by atoms with E-state index in [1.54, 1.807) is 26.0 Å². The maximum Gasteiger partial charge on any atom is 0.262 e. The van der Waals surface area contributed by atoms with Crippen LogP contribution in [0.1, 0.15) is 27.0 Å². The second kappa shape index (κ2) is 8.05. The minimum atomic E-state index is -3.74. The maximum absolute atomic E-state index is 13.2. The van der Waals surface area contributed by atoms with Crippen LogP contribution in [0.15, 0.2) is 65.6 Å². The molecule has 0 saturated heterocycles. The summed E-state index contributed by atoms with van der Waals surface area (Å²) >= 11 is 0. The molecule has 3 rings (SSSR count). The van der Waals surface area contributed by atoms with Crippen LogP contribution in [0, 0.1) is 26.6 Å². The highest BCUT2D eigenvalue weighted by Gasteiger charge is 2.17. The zero-order valence-electron chi connectivity index (χ0n) is 16.3. The Kier molecular flexibility index (Phi) is 5.70.